The summed E-state index contributed by atoms with van der Waals surface area (Å²) < 4.78 is 24.2. The number of phenols is 1. The van der Waals surface area contributed by atoms with Crippen molar-refractivity contribution in [2.45, 2.75) is 24.7 Å². The molecule has 0 spiro atoms. The first-order valence-corrected chi connectivity index (χ1v) is 8.31. The number of hydrazone groups is 1. The van der Waals surface area contributed by atoms with Crippen molar-refractivity contribution < 1.29 is 13.5 Å². The summed E-state index contributed by atoms with van der Waals surface area (Å²) in [5.41, 5.74) is 1.50. The number of rotatable bonds is 5. The van der Waals surface area contributed by atoms with Crippen LogP contribution in [0.1, 0.15) is 30.9 Å². The monoisotopic (exact) mass is 318 g/mol. The van der Waals surface area contributed by atoms with Crippen molar-refractivity contribution in [3.63, 3.8) is 0 Å². The van der Waals surface area contributed by atoms with Gasteiger partial charge in [0.15, 0.2) is 0 Å². The largest absolute Gasteiger partial charge is 0.507 e. The normalized spacial score (nSPS) is 12.0. The van der Waals surface area contributed by atoms with E-state index in [2.05, 4.69) is 9.93 Å². The maximum absolute atomic E-state index is 12.1. The lowest BCUT2D eigenvalue weighted by Gasteiger charge is -2.07. The van der Waals surface area contributed by atoms with Crippen molar-refractivity contribution >= 4 is 16.2 Å². The Balaban J connectivity index is 2.13. The maximum Gasteiger partial charge on any atom is 0.276 e. The standard InChI is InChI=1S/C16H18N2O3S/c1-12(2)13-7-9-15(10-8-13)22(20,21)18-17-11-14-5-3-4-6-16(14)19/h3-12,18-19H,1-2H3/b17-11-. The second-order valence-corrected chi connectivity index (χ2v) is 6.80. The van der Waals surface area contributed by atoms with Crippen LogP contribution in [-0.4, -0.2) is 19.7 Å². The zero-order chi connectivity index (χ0) is 16.2. The molecular formula is C16H18N2O3S. The summed E-state index contributed by atoms with van der Waals surface area (Å²) in [6.07, 6.45) is 1.26. The van der Waals surface area contributed by atoms with Gasteiger partial charge in [-0.1, -0.05) is 38.1 Å². The summed E-state index contributed by atoms with van der Waals surface area (Å²) in [4.78, 5) is 2.27. The van der Waals surface area contributed by atoms with Crippen LogP contribution in [-0.2, 0) is 10.0 Å². The quantitative estimate of drug-likeness (QED) is 0.657. The van der Waals surface area contributed by atoms with E-state index in [1.54, 1.807) is 42.5 Å². The summed E-state index contributed by atoms with van der Waals surface area (Å²) in [6.45, 7) is 4.08. The molecule has 0 aromatic heterocycles. The molecule has 0 amide bonds. The van der Waals surface area contributed by atoms with E-state index in [9.17, 15) is 13.5 Å². The fourth-order valence-electron chi connectivity index (χ4n) is 1.85. The van der Waals surface area contributed by atoms with E-state index in [-0.39, 0.29) is 10.6 Å². The Morgan fingerprint density at radius 2 is 1.73 bits per heavy atom. The average Bonchev–Trinajstić information content (AvgIpc) is 2.49. The smallest absolute Gasteiger partial charge is 0.276 e. The molecule has 22 heavy (non-hydrogen) atoms. The van der Waals surface area contributed by atoms with E-state index in [1.807, 2.05) is 13.8 Å². The van der Waals surface area contributed by atoms with Gasteiger partial charge in [0.25, 0.3) is 10.0 Å². The molecule has 0 bridgehead atoms. The summed E-state index contributed by atoms with van der Waals surface area (Å²) >= 11 is 0. The summed E-state index contributed by atoms with van der Waals surface area (Å²) in [5.74, 6) is 0.371. The SMILES string of the molecule is CC(C)c1ccc(S(=O)(=O)N/N=C\c2ccccc2O)cc1. The minimum Gasteiger partial charge on any atom is -0.507 e. The molecule has 2 aromatic carbocycles. The highest BCUT2D eigenvalue weighted by atomic mass is 32.2. The van der Waals surface area contributed by atoms with Gasteiger partial charge in [-0.2, -0.15) is 13.5 Å². The van der Waals surface area contributed by atoms with Crippen LogP contribution in [0.4, 0.5) is 0 Å². The van der Waals surface area contributed by atoms with Gasteiger partial charge in [-0.15, -0.1) is 0 Å². The summed E-state index contributed by atoms with van der Waals surface area (Å²) in [7, 11) is -3.72. The van der Waals surface area contributed by atoms with Crippen LogP contribution in [0.3, 0.4) is 0 Å². The van der Waals surface area contributed by atoms with E-state index in [4.69, 9.17) is 0 Å². The zero-order valence-electron chi connectivity index (χ0n) is 12.4. The summed E-state index contributed by atoms with van der Waals surface area (Å²) in [5, 5.41) is 13.3. The number of hydrogen-bond donors (Lipinski definition) is 2. The van der Waals surface area contributed by atoms with Crippen molar-refractivity contribution in [1.29, 1.82) is 0 Å². The fourth-order valence-corrected chi connectivity index (χ4v) is 2.64. The first-order chi connectivity index (χ1) is 10.4. The van der Waals surface area contributed by atoms with Gasteiger partial charge in [-0.3, -0.25) is 0 Å². The van der Waals surface area contributed by atoms with Crippen LogP contribution < -0.4 is 4.83 Å². The van der Waals surface area contributed by atoms with E-state index in [0.29, 0.717) is 11.5 Å². The molecule has 0 aliphatic heterocycles. The molecule has 0 aliphatic carbocycles. The average molecular weight is 318 g/mol. The number of benzene rings is 2. The molecule has 2 aromatic rings. The predicted octanol–water partition coefficient (Wildman–Crippen LogP) is 2.83. The van der Waals surface area contributed by atoms with Gasteiger partial charge in [0.1, 0.15) is 5.75 Å². The number of para-hydroxylation sites is 1. The van der Waals surface area contributed by atoms with Crippen molar-refractivity contribution in [2.24, 2.45) is 5.10 Å². The number of sulfonamides is 1. The zero-order valence-corrected chi connectivity index (χ0v) is 13.2. The van der Waals surface area contributed by atoms with Crippen LogP contribution in [0.15, 0.2) is 58.5 Å². The molecule has 116 valence electrons. The number of phenolic OH excluding ortho intramolecular Hbond substituents is 1. The second kappa shape index (κ2) is 6.62. The molecule has 2 N–H and O–H groups in total. The van der Waals surface area contributed by atoms with Gasteiger partial charge in [0.05, 0.1) is 11.1 Å². The van der Waals surface area contributed by atoms with Crippen LogP contribution >= 0.6 is 0 Å². The third-order valence-electron chi connectivity index (χ3n) is 3.17. The number of nitrogens with zero attached hydrogens (tertiary/aromatic N) is 1. The van der Waals surface area contributed by atoms with E-state index in [0.717, 1.165) is 5.56 Å². The second-order valence-electron chi connectivity index (χ2n) is 5.14. The molecule has 0 aliphatic rings. The number of hydrogen-bond acceptors (Lipinski definition) is 4. The van der Waals surface area contributed by atoms with Crippen LogP contribution in [0.5, 0.6) is 5.75 Å². The Labute approximate surface area is 130 Å². The fraction of sp³-hybridized carbons (Fsp3) is 0.188. The molecule has 2 rings (SSSR count). The third-order valence-corrected chi connectivity index (χ3v) is 4.41. The molecule has 0 heterocycles. The Bertz CT molecular complexity index is 766. The predicted molar refractivity (Wildman–Crippen MR) is 86.6 cm³/mol. The Morgan fingerprint density at radius 3 is 2.32 bits per heavy atom. The van der Waals surface area contributed by atoms with Gasteiger partial charge in [0.2, 0.25) is 0 Å². The maximum atomic E-state index is 12.1. The van der Waals surface area contributed by atoms with E-state index < -0.39 is 10.0 Å². The lowest BCUT2D eigenvalue weighted by Crippen LogP contribution is -2.18. The Hall–Kier alpha value is -2.34. The highest BCUT2D eigenvalue weighted by Crippen LogP contribution is 2.17. The van der Waals surface area contributed by atoms with Gasteiger partial charge < -0.3 is 5.11 Å². The van der Waals surface area contributed by atoms with Crippen molar-refractivity contribution in [2.75, 3.05) is 0 Å². The molecule has 0 radical (unpaired) electrons. The minimum atomic E-state index is -3.72. The Morgan fingerprint density at radius 1 is 1.09 bits per heavy atom. The van der Waals surface area contributed by atoms with Crippen molar-refractivity contribution in [1.82, 2.24) is 4.83 Å². The van der Waals surface area contributed by atoms with Crippen LogP contribution in [0.25, 0.3) is 0 Å². The molecule has 6 heteroatoms. The highest BCUT2D eigenvalue weighted by molar-refractivity contribution is 7.89. The molecule has 0 saturated heterocycles. The molecule has 0 saturated carbocycles. The third kappa shape index (κ3) is 3.85. The lowest BCUT2D eigenvalue weighted by atomic mass is 10.0. The topological polar surface area (TPSA) is 78.8 Å². The first kappa shape index (κ1) is 16.0. The summed E-state index contributed by atoms with van der Waals surface area (Å²) in [6, 6.07) is 13.2. The molecule has 0 unspecified atom stereocenters. The molecule has 5 nitrogen and oxygen atoms in total. The molecular weight excluding hydrogens is 300 g/mol. The number of nitrogens with one attached hydrogen (secondary N) is 1. The van der Waals surface area contributed by atoms with Gasteiger partial charge in [0, 0.05) is 5.56 Å². The minimum absolute atomic E-state index is 0.0340. The highest BCUT2D eigenvalue weighted by Gasteiger charge is 2.12. The van der Waals surface area contributed by atoms with Gasteiger partial charge >= 0.3 is 0 Å². The Kier molecular flexibility index (Phi) is 4.82. The van der Waals surface area contributed by atoms with Gasteiger partial charge in [-0.25, -0.2) is 4.83 Å². The van der Waals surface area contributed by atoms with E-state index in [1.165, 1.54) is 12.3 Å². The van der Waals surface area contributed by atoms with Crippen molar-refractivity contribution in [3.8, 4) is 5.75 Å². The number of aromatic hydroxyl groups is 1. The van der Waals surface area contributed by atoms with Gasteiger partial charge in [-0.05, 0) is 35.7 Å². The van der Waals surface area contributed by atoms with E-state index >= 15 is 0 Å². The van der Waals surface area contributed by atoms with Crippen molar-refractivity contribution in [3.05, 3.63) is 59.7 Å². The first-order valence-electron chi connectivity index (χ1n) is 6.83. The van der Waals surface area contributed by atoms with Crippen LogP contribution in [0.2, 0.25) is 0 Å². The lowest BCUT2D eigenvalue weighted by molar-refractivity contribution is 0.474. The molecule has 0 atom stereocenters. The van der Waals surface area contributed by atoms with Crippen LogP contribution in [0, 0.1) is 0 Å². The molecule has 0 fully saturated rings.